The van der Waals surface area contributed by atoms with E-state index in [4.69, 9.17) is 9.47 Å². The lowest BCUT2D eigenvalue weighted by Gasteiger charge is -2.23. The highest BCUT2D eigenvalue weighted by molar-refractivity contribution is 7.82. The maximum Gasteiger partial charge on any atom is 0.320 e. The minimum atomic E-state index is -0.918. The number of esters is 1. The van der Waals surface area contributed by atoms with E-state index in [1.165, 1.54) is 12.7 Å². The zero-order valence-corrected chi connectivity index (χ0v) is 18.6. The van der Waals surface area contributed by atoms with Crippen molar-refractivity contribution in [2.24, 2.45) is 0 Å². The summed E-state index contributed by atoms with van der Waals surface area (Å²) in [5, 5.41) is 0. The number of methoxy groups -OCH3 is 2. The number of aryl methyl sites for hydroxylation is 3. The number of ketones is 1. The molecular formula is C23H30O4S. The van der Waals surface area contributed by atoms with Gasteiger partial charge in [0.1, 0.15) is 11.7 Å². The molecule has 1 atom stereocenters. The maximum atomic E-state index is 12.4. The van der Waals surface area contributed by atoms with E-state index in [0.29, 0.717) is 5.56 Å². The SMILES string of the molecule is COC(=O)C(C(=O)C(C)(C)S)c1ccc(C)cc1C.COc1ccc(C)cc1. The van der Waals surface area contributed by atoms with Gasteiger partial charge in [0.2, 0.25) is 0 Å². The maximum absolute atomic E-state index is 12.4. The number of thiol groups is 1. The van der Waals surface area contributed by atoms with Crippen LogP contribution in [0.4, 0.5) is 0 Å². The van der Waals surface area contributed by atoms with E-state index < -0.39 is 16.6 Å². The van der Waals surface area contributed by atoms with Crippen LogP contribution in [0.3, 0.4) is 0 Å². The lowest BCUT2D eigenvalue weighted by Crippen LogP contribution is -2.35. The summed E-state index contributed by atoms with van der Waals surface area (Å²) in [6, 6.07) is 13.6. The van der Waals surface area contributed by atoms with Crippen LogP contribution < -0.4 is 4.74 Å². The molecule has 0 aliphatic carbocycles. The van der Waals surface area contributed by atoms with Crippen molar-refractivity contribution in [1.29, 1.82) is 0 Å². The van der Waals surface area contributed by atoms with Crippen molar-refractivity contribution in [2.45, 2.75) is 45.3 Å². The molecule has 2 rings (SSSR count). The number of rotatable bonds is 5. The molecule has 0 heterocycles. The zero-order valence-electron chi connectivity index (χ0n) is 17.7. The summed E-state index contributed by atoms with van der Waals surface area (Å²) in [7, 11) is 2.96. The largest absolute Gasteiger partial charge is 0.497 e. The first-order chi connectivity index (χ1) is 13.0. The number of hydrogen-bond donors (Lipinski definition) is 1. The second-order valence-corrected chi connectivity index (χ2v) is 8.37. The van der Waals surface area contributed by atoms with Gasteiger partial charge in [-0.25, -0.2) is 0 Å². The lowest BCUT2D eigenvalue weighted by atomic mass is 9.85. The molecule has 152 valence electrons. The van der Waals surface area contributed by atoms with Crippen molar-refractivity contribution in [3.63, 3.8) is 0 Å². The van der Waals surface area contributed by atoms with Crippen LogP contribution >= 0.6 is 12.6 Å². The van der Waals surface area contributed by atoms with Crippen molar-refractivity contribution < 1.29 is 19.1 Å². The summed E-state index contributed by atoms with van der Waals surface area (Å²) < 4.78 is 8.85. The second kappa shape index (κ2) is 10.3. The summed E-state index contributed by atoms with van der Waals surface area (Å²) in [5.41, 5.74) is 3.93. The number of benzene rings is 2. The summed E-state index contributed by atoms with van der Waals surface area (Å²) in [5.74, 6) is -0.799. The molecule has 0 fully saturated rings. The van der Waals surface area contributed by atoms with Gasteiger partial charge in [-0.2, -0.15) is 12.6 Å². The van der Waals surface area contributed by atoms with Gasteiger partial charge >= 0.3 is 5.97 Å². The Kier molecular flexibility index (Phi) is 8.76. The molecule has 0 aliphatic heterocycles. The Morgan fingerprint density at radius 3 is 1.89 bits per heavy atom. The number of hydrogen-bond acceptors (Lipinski definition) is 5. The molecule has 2 aromatic carbocycles. The Morgan fingerprint density at radius 1 is 0.929 bits per heavy atom. The summed E-state index contributed by atoms with van der Waals surface area (Å²) in [4.78, 5) is 24.4. The molecule has 28 heavy (non-hydrogen) atoms. The van der Waals surface area contributed by atoms with Crippen molar-refractivity contribution in [1.82, 2.24) is 0 Å². The first kappa shape index (κ1) is 23.8. The Bertz CT molecular complexity index is 804. The topological polar surface area (TPSA) is 52.6 Å². The van der Waals surface area contributed by atoms with Gasteiger partial charge in [0.15, 0.2) is 5.78 Å². The van der Waals surface area contributed by atoms with E-state index in [1.54, 1.807) is 21.0 Å². The molecule has 2 aromatic rings. The lowest BCUT2D eigenvalue weighted by molar-refractivity contribution is -0.146. The third kappa shape index (κ3) is 6.71. The molecule has 0 saturated carbocycles. The van der Waals surface area contributed by atoms with Gasteiger partial charge in [-0.3, -0.25) is 9.59 Å². The Morgan fingerprint density at radius 2 is 1.46 bits per heavy atom. The molecule has 0 N–H and O–H groups in total. The second-order valence-electron chi connectivity index (χ2n) is 7.26. The van der Waals surface area contributed by atoms with Gasteiger partial charge in [0.05, 0.1) is 19.0 Å². The van der Waals surface area contributed by atoms with E-state index in [0.717, 1.165) is 16.9 Å². The highest BCUT2D eigenvalue weighted by Gasteiger charge is 2.38. The quantitative estimate of drug-likeness (QED) is 0.442. The normalized spacial score (nSPS) is 11.7. The average Bonchev–Trinajstić information content (AvgIpc) is 2.63. The van der Waals surface area contributed by atoms with Crippen LogP contribution in [0.5, 0.6) is 5.75 Å². The monoisotopic (exact) mass is 402 g/mol. The summed E-state index contributed by atoms with van der Waals surface area (Å²) in [6.45, 7) is 9.26. The van der Waals surface area contributed by atoms with Crippen LogP contribution in [0.1, 0.15) is 42.0 Å². The van der Waals surface area contributed by atoms with Crippen molar-refractivity contribution in [3.05, 3.63) is 64.7 Å². The number of ether oxygens (including phenoxy) is 2. The number of carbonyl (C=O) groups excluding carboxylic acids is 2. The van der Waals surface area contributed by atoms with E-state index in [-0.39, 0.29) is 5.78 Å². The fraction of sp³-hybridized carbons (Fsp3) is 0.391. The highest BCUT2D eigenvalue weighted by atomic mass is 32.1. The molecule has 0 radical (unpaired) electrons. The molecule has 4 nitrogen and oxygen atoms in total. The molecule has 0 saturated heterocycles. The third-order valence-electron chi connectivity index (χ3n) is 4.30. The molecule has 0 bridgehead atoms. The summed E-state index contributed by atoms with van der Waals surface area (Å²) in [6.07, 6.45) is 0. The first-order valence-corrected chi connectivity index (χ1v) is 9.48. The fourth-order valence-corrected chi connectivity index (χ4v) is 2.80. The van der Waals surface area contributed by atoms with Crippen molar-refractivity contribution >= 4 is 24.4 Å². The van der Waals surface area contributed by atoms with E-state index in [9.17, 15) is 9.59 Å². The van der Waals surface area contributed by atoms with Gasteiger partial charge in [-0.1, -0.05) is 41.5 Å². The minimum Gasteiger partial charge on any atom is -0.497 e. The molecule has 0 aliphatic rings. The van der Waals surface area contributed by atoms with Crippen LogP contribution in [0.15, 0.2) is 42.5 Å². The van der Waals surface area contributed by atoms with Crippen molar-refractivity contribution in [3.8, 4) is 5.75 Å². The van der Waals surface area contributed by atoms with E-state index in [1.807, 2.05) is 56.3 Å². The van der Waals surface area contributed by atoms with Gasteiger partial charge in [0, 0.05) is 0 Å². The van der Waals surface area contributed by atoms with Crippen LogP contribution in [0, 0.1) is 20.8 Å². The number of carbonyl (C=O) groups is 2. The third-order valence-corrected chi connectivity index (χ3v) is 4.52. The van der Waals surface area contributed by atoms with Gasteiger partial charge in [-0.05, 0) is 57.9 Å². The van der Waals surface area contributed by atoms with E-state index >= 15 is 0 Å². The van der Waals surface area contributed by atoms with Crippen molar-refractivity contribution in [2.75, 3.05) is 14.2 Å². The summed E-state index contributed by atoms with van der Waals surface area (Å²) >= 11 is 4.27. The number of Topliss-reactive ketones (excluding diaryl/α,β-unsaturated/α-hetero) is 1. The van der Waals surface area contributed by atoms with Crippen LogP contribution in [0.2, 0.25) is 0 Å². The standard InChI is InChI=1S/C15H20O3S.C8H10O/c1-9-6-7-11(10(2)8-9)12(14(17)18-5)13(16)15(3,4)19;1-7-3-5-8(9-2)6-4-7/h6-8,12,19H,1-5H3;3-6H,1-2H3. The molecule has 0 amide bonds. The Labute approximate surface area is 173 Å². The first-order valence-electron chi connectivity index (χ1n) is 9.03. The smallest absolute Gasteiger partial charge is 0.320 e. The van der Waals surface area contributed by atoms with Crippen LogP contribution in [0.25, 0.3) is 0 Å². The molecule has 1 unspecified atom stereocenters. The molecule has 0 aromatic heterocycles. The average molecular weight is 403 g/mol. The van der Waals surface area contributed by atoms with Crippen LogP contribution in [-0.4, -0.2) is 30.7 Å². The predicted molar refractivity (Wildman–Crippen MR) is 116 cm³/mol. The van der Waals surface area contributed by atoms with Gasteiger partial charge < -0.3 is 9.47 Å². The highest BCUT2D eigenvalue weighted by Crippen LogP contribution is 2.29. The van der Waals surface area contributed by atoms with Gasteiger partial charge in [0.25, 0.3) is 0 Å². The van der Waals surface area contributed by atoms with Gasteiger partial charge in [-0.15, -0.1) is 0 Å². The molecule has 0 spiro atoms. The Hall–Kier alpha value is -2.27. The minimum absolute atomic E-state index is 0.255. The molecule has 5 heteroatoms. The van der Waals surface area contributed by atoms with E-state index in [2.05, 4.69) is 19.6 Å². The van der Waals surface area contributed by atoms with Crippen LogP contribution in [-0.2, 0) is 14.3 Å². The molecular weight excluding hydrogens is 372 g/mol. The zero-order chi connectivity index (χ0) is 21.5. The predicted octanol–water partition coefficient (Wildman–Crippen LogP) is 4.84. The fourth-order valence-electron chi connectivity index (χ4n) is 2.67. The Balaban J connectivity index is 0.000000362.